The normalized spacial score (nSPS) is 12.9. The second kappa shape index (κ2) is 4.30. The number of nitrogens with two attached hydrogens (primary N) is 1. The van der Waals surface area contributed by atoms with E-state index >= 15 is 0 Å². The predicted molar refractivity (Wildman–Crippen MR) is 45.1 cm³/mol. The molecule has 0 aromatic heterocycles. The van der Waals surface area contributed by atoms with Crippen LogP contribution in [0, 0.1) is 11.6 Å². The van der Waals surface area contributed by atoms with Crippen molar-refractivity contribution in [2.45, 2.75) is 12.5 Å². The van der Waals surface area contributed by atoms with Gasteiger partial charge in [0.1, 0.15) is 11.6 Å². The third kappa shape index (κ3) is 3.08. The monoisotopic (exact) mass is 187 g/mol. The minimum absolute atomic E-state index is 0.0815. The maximum Gasteiger partial charge on any atom is 0.126 e. The van der Waals surface area contributed by atoms with Crippen LogP contribution in [0.3, 0.4) is 0 Å². The Morgan fingerprint density at radius 3 is 2.23 bits per heavy atom. The Hall–Kier alpha value is -1.00. The third-order valence-electron chi connectivity index (χ3n) is 1.67. The third-order valence-corrected chi connectivity index (χ3v) is 1.67. The molecular formula is C9H11F2NO. The standard InChI is InChI=1S/C9H11F2NO/c10-7-1-6(2-8(11)4-7)3-9(13)5-12/h1-2,4,9,13H,3,5,12H2. The molecule has 0 saturated heterocycles. The number of hydrogen-bond donors (Lipinski definition) is 2. The summed E-state index contributed by atoms with van der Waals surface area (Å²) in [5.74, 6) is -1.28. The first-order valence-electron chi connectivity index (χ1n) is 3.95. The van der Waals surface area contributed by atoms with Gasteiger partial charge in [-0.1, -0.05) is 0 Å². The maximum atomic E-state index is 12.6. The van der Waals surface area contributed by atoms with Crippen LogP contribution in [0.25, 0.3) is 0 Å². The molecule has 0 spiro atoms. The molecule has 4 heteroatoms. The van der Waals surface area contributed by atoms with Gasteiger partial charge in [-0.3, -0.25) is 0 Å². The molecule has 1 atom stereocenters. The second-order valence-corrected chi connectivity index (χ2v) is 2.87. The van der Waals surface area contributed by atoms with E-state index in [1.165, 1.54) is 12.1 Å². The highest BCUT2D eigenvalue weighted by molar-refractivity contribution is 5.18. The molecule has 72 valence electrons. The lowest BCUT2D eigenvalue weighted by Gasteiger charge is -2.07. The minimum atomic E-state index is -0.749. The van der Waals surface area contributed by atoms with Crippen LogP contribution in [0.1, 0.15) is 5.56 Å². The molecule has 0 aliphatic heterocycles. The van der Waals surface area contributed by atoms with Gasteiger partial charge in [-0.05, 0) is 24.1 Å². The van der Waals surface area contributed by atoms with Gasteiger partial charge in [0, 0.05) is 12.6 Å². The van der Waals surface area contributed by atoms with Crippen molar-refractivity contribution in [3.63, 3.8) is 0 Å². The van der Waals surface area contributed by atoms with Crippen LogP contribution in [0.15, 0.2) is 18.2 Å². The SMILES string of the molecule is NCC(O)Cc1cc(F)cc(F)c1. The Kier molecular flexibility index (Phi) is 3.33. The van der Waals surface area contributed by atoms with Crippen molar-refractivity contribution in [1.29, 1.82) is 0 Å². The molecule has 13 heavy (non-hydrogen) atoms. The van der Waals surface area contributed by atoms with Gasteiger partial charge in [0.2, 0.25) is 0 Å². The molecular weight excluding hydrogens is 176 g/mol. The first-order chi connectivity index (χ1) is 6.11. The number of aliphatic hydroxyl groups excluding tert-OH is 1. The van der Waals surface area contributed by atoms with E-state index in [4.69, 9.17) is 10.8 Å². The fourth-order valence-corrected chi connectivity index (χ4v) is 1.08. The predicted octanol–water partition coefficient (Wildman–Crippen LogP) is 0.827. The highest BCUT2D eigenvalue weighted by Gasteiger charge is 2.05. The van der Waals surface area contributed by atoms with Crippen molar-refractivity contribution in [3.8, 4) is 0 Å². The molecule has 0 fully saturated rings. The van der Waals surface area contributed by atoms with Crippen molar-refractivity contribution in [3.05, 3.63) is 35.4 Å². The number of benzene rings is 1. The molecule has 1 unspecified atom stereocenters. The summed E-state index contributed by atoms with van der Waals surface area (Å²) in [6, 6.07) is 3.16. The summed E-state index contributed by atoms with van der Waals surface area (Å²) in [6.45, 7) is 0.0815. The number of halogens is 2. The van der Waals surface area contributed by atoms with Gasteiger partial charge in [0.05, 0.1) is 6.10 Å². The lowest BCUT2D eigenvalue weighted by Crippen LogP contribution is -2.22. The van der Waals surface area contributed by atoms with E-state index in [-0.39, 0.29) is 13.0 Å². The van der Waals surface area contributed by atoms with Crippen LogP contribution in [0.4, 0.5) is 8.78 Å². The summed E-state index contributed by atoms with van der Waals surface area (Å²) in [5, 5.41) is 9.12. The summed E-state index contributed by atoms with van der Waals surface area (Å²) in [5.41, 5.74) is 5.57. The van der Waals surface area contributed by atoms with Crippen LogP contribution in [-0.2, 0) is 6.42 Å². The van der Waals surface area contributed by atoms with E-state index in [1.807, 2.05) is 0 Å². The van der Waals surface area contributed by atoms with Crippen molar-refractivity contribution in [2.75, 3.05) is 6.54 Å². The largest absolute Gasteiger partial charge is 0.391 e. The van der Waals surface area contributed by atoms with E-state index in [1.54, 1.807) is 0 Å². The van der Waals surface area contributed by atoms with E-state index in [0.717, 1.165) is 6.07 Å². The van der Waals surface area contributed by atoms with Crippen LogP contribution in [-0.4, -0.2) is 17.8 Å². The molecule has 2 nitrogen and oxygen atoms in total. The smallest absolute Gasteiger partial charge is 0.126 e. The molecule has 0 heterocycles. The Morgan fingerprint density at radius 2 is 1.77 bits per heavy atom. The van der Waals surface area contributed by atoms with E-state index < -0.39 is 17.7 Å². The van der Waals surface area contributed by atoms with Gasteiger partial charge in [0.25, 0.3) is 0 Å². The van der Waals surface area contributed by atoms with E-state index in [2.05, 4.69) is 0 Å². The first kappa shape index (κ1) is 10.1. The van der Waals surface area contributed by atoms with Gasteiger partial charge < -0.3 is 10.8 Å². The highest BCUT2D eigenvalue weighted by Crippen LogP contribution is 2.09. The Bertz CT molecular complexity index is 271. The summed E-state index contributed by atoms with van der Waals surface area (Å²) in [7, 11) is 0. The summed E-state index contributed by atoms with van der Waals surface area (Å²) < 4.78 is 25.3. The second-order valence-electron chi connectivity index (χ2n) is 2.87. The van der Waals surface area contributed by atoms with Gasteiger partial charge >= 0.3 is 0 Å². The van der Waals surface area contributed by atoms with Crippen LogP contribution in [0.5, 0.6) is 0 Å². The number of rotatable bonds is 3. The van der Waals surface area contributed by atoms with E-state index in [0.29, 0.717) is 5.56 Å². The minimum Gasteiger partial charge on any atom is -0.391 e. The van der Waals surface area contributed by atoms with Crippen LogP contribution < -0.4 is 5.73 Å². The highest BCUT2D eigenvalue weighted by atomic mass is 19.1. The zero-order chi connectivity index (χ0) is 9.84. The molecule has 0 bridgehead atoms. The van der Waals surface area contributed by atoms with E-state index in [9.17, 15) is 8.78 Å². The van der Waals surface area contributed by atoms with Gasteiger partial charge in [0.15, 0.2) is 0 Å². The van der Waals surface area contributed by atoms with Gasteiger partial charge in [-0.2, -0.15) is 0 Å². The molecule has 0 aliphatic carbocycles. The number of aliphatic hydroxyl groups is 1. The molecule has 0 amide bonds. The lowest BCUT2D eigenvalue weighted by molar-refractivity contribution is 0.183. The zero-order valence-electron chi connectivity index (χ0n) is 7.00. The summed E-state index contributed by atoms with van der Waals surface area (Å²) in [4.78, 5) is 0. The lowest BCUT2D eigenvalue weighted by atomic mass is 10.1. The van der Waals surface area contributed by atoms with Crippen LogP contribution >= 0.6 is 0 Å². The molecule has 1 aromatic rings. The summed E-state index contributed by atoms with van der Waals surface area (Å²) >= 11 is 0. The first-order valence-corrected chi connectivity index (χ1v) is 3.95. The molecule has 1 aromatic carbocycles. The van der Waals surface area contributed by atoms with Crippen LogP contribution in [0.2, 0.25) is 0 Å². The quantitative estimate of drug-likeness (QED) is 0.736. The van der Waals surface area contributed by atoms with Crippen molar-refractivity contribution < 1.29 is 13.9 Å². The average molecular weight is 187 g/mol. The fraction of sp³-hybridized carbons (Fsp3) is 0.333. The Balaban J connectivity index is 2.77. The zero-order valence-corrected chi connectivity index (χ0v) is 7.00. The van der Waals surface area contributed by atoms with Crippen molar-refractivity contribution >= 4 is 0 Å². The van der Waals surface area contributed by atoms with Crippen molar-refractivity contribution in [2.24, 2.45) is 5.73 Å². The average Bonchev–Trinajstić information content (AvgIpc) is 2.02. The Morgan fingerprint density at radius 1 is 1.23 bits per heavy atom. The molecule has 0 saturated carbocycles. The van der Waals surface area contributed by atoms with Gasteiger partial charge in [-0.25, -0.2) is 8.78 Å². The topological polar surface area (TPSA) is 46.2 Å². The van der Waals surface area contributed by atoms with Gasteiger partial charge in [-0.15, -0.1) is 0 Å². The Labute approximate surface area is 75.0 Å². The summed E-state index contributed by atoms with van der Waals surface area (Å²) in [6.07, 6.45) is -0.577. The molecule has 3 N–H and O–H groups in total. The fourth-order valence-electron chi connectivity index (χ4n) is 1.08. The molecule has 0 radical (unpaired) electrons. The molecule has 1 rings (SSSR count). The van der Waals surface area contributed by atoms with Crippen molar-refractivity contribution in [1.82, 2.24) is 0 Å². The number of hydrogen-bond acceptors (Lipinski definition) is 2. The molecule has 0 aliphatic rings. The maximum absolute atomic E-state index is 12.6.